The number of nitrogens with one attached hydrogen (secondary N) is 2. The normalized spacial score (nSPS) is 11.6. The van der Waals surface area contributed by atoms with E-state index in [4.69, 9.17) is 0 Å². The Labute approximate surface area is 150 Å². The lowest BCUT2D eigenvalue weighted by Gasteiger charge is -2.03. The molecule has 2 heterocycles. The number of halogens is 3. The maximum absolute atomic E-state index is 12.7. The Morgan fingerprint density at radius 3 is 2.59 bits per heavy atom. The smallest absolute Gasteiger partial charge is 0.349 e. The fourth-order valence-electron chi connectivity index (χ4n) is 2.45. The minimum absolute atomic E-state index is 0.0766. The molecule has 0 aliphatic rings. The van der Waals surface area contributed by atoms with Crippen LogP contribution in [0.1, 0.15) is 16.3 Å². The van der Waals surface area contributed by atoms with E-state index in [1.54, 1.807) is 6.07 Å². The first kappa shape index (κ1) is 18.4. The van der Waals surface area contributed by atoms with Gasteiger partial charge in [0.15, 0.2) is 0 Å². The van der Waals surface area contributed by atoms with Gasteiger partial charge in [-0.05, 0) is 6.07 Å². The minimum Gasteiger partial charge on any atom is -0.349 e. The van der Waals surface area contributed by atoms with Gasteiger partial charge in [0.05, 0.1) is 12.2 Å². The van der Waals surface area contributed by atoms with Crippen LogP contribution in [0.4, 0.5) is 13.2 Å². The first-order valence-corrected chi connectivity index (χ1v) is 7.87. The van der Waals surface area contributed by atoms with Crippen LogP contribution in [0.15, 0.2) is 41.2 Å². The summed E-state index contributed by atoms with van der Waals surface area (Å²) in [4.78, 5) is 23.9. The van der Waals surface area contributed by atoms with Crippen LogP contribution < -0.4 is 11.0 Å². The zero-order chi connectivity index (χ0) is 19.6. The number of carbonyl (C=O) groups is 1. The first-order chi connectivity index (χ1) is 12.8. The predicted octanol–water partition coefficient (Wildman–Crippen LogP) is 1.42. The van der Waals surface area contributed by atoms with Crippen LogP contribution in [0.3, 0.4) is 0 Å². The number of amides is 1. The predicted molar refractivity (Wildman–Crippen MR) is 88.8 cm³/mol. The summed E-state index contributed by atoms with van der Waals surface area (Å²) in [5.74, 6) is -1.79. The Kier molecular flexibility index (Phi) is 4.84. The molecular weight excluding hydrogens is 365 g/mol. The van der Waals surface area contributed by atoms with Crippen molar-refractivity contribution in [3.05, 3.63) is 58.4 Å². The maximum atomic E-state index is 12.7. The molecule has 11 heteroatoms. The van der Waals surface area contributed by atoms with Crippen molar-refractivity contribution in [3.8, 4) is 11.3 Å². The lowest BCUT2D eigenvalue weighted by Crippen LogP contribution is -2.32. The van der Waals surface area contributed by atoms with E-state index in [0.717, 1.165) is 12.6 Å². The molecule has 0 atom stereocenters. The van der Waals surface area contributed by atoms with Crippen molar-refractivity contribution >= 4 is 5.91 Å². The van der Waals surface area contributed by atoms with E-state index in [-0.39, 0.29) is 18.8 Å². The summed E-state index contributed by atoms with van der Waals surface area (Å²) in [6, 6.07) is 10.8. The highest BCUT2D eigenvalue weighted by molar-refractivity contribution is 5.93. The number of aromatic amines is 1. The highest BCUT2D eigenvalue weighted by Crippen LogP contribution is 2.25. The molecule has 27 heavy (non-hydrogen) atoms. The van der Waals surface area contributed by atoms with Gasteiger partial charge in [-0.1, -0.05) is 30.3 Å². The number of hydrogen-bond acceptors (Lipinski definition) is 4. The van der Waals surface area contributed by atoms with E-state index in [0.29, 0.717) is 14.9 Å². The fourth-order valence-corrected chi connectivity index (χ4v) is 2.45. The van der Waals surface area contributed by atoms with E-state index in [1.165, 1.54) is 0 Å². The molecule has 142 valence electrons. The van der Waals surface area contributed by atoms with E-state index >= 15 is 0 Å². The Morgan fingerprint density at radius 2 is 1.96 bits per heavy atom. The second-order valence-corrected chi connectivity index (χ2v) is 5.67. The minimum atomic E-state index is -4.73. The highest BCUT2D eigenvalue weighted by Gasteiger charge is 2.37. The van der Waals surface area contributed by atoms with Crippen LogP contribution in [0, 0.1) is 0 Å². The summed E-state index contributed by atoms with van der Waals surface area (Å²) < 4.78 is 39.3. The topological polar surface area (TPSA) is 97.6 Å². The van der Waals surface area contributed by atoms with Gasteiger partial charge in [-0.3, -0.25) is 14.5 Å². The molecule has 3 aromatic rings. The molecule has 0 aliphatic heterocycles. The number of nitrogens with zero attached hydrogens (tertiary/aromatic N) is 4. The molecule has 8 nitrogen and oxygen atoms in total. The average molecular weight is 380 g/mol. The summed E-state index contributed by atoms with van der Waals surface area (Å²) >= 11 is 0. The third kappa shape index (κ3) is 3.91. The van der Waals surface area contributed by atoms with Crippen molar-refractivity contribution in [2.75, 3.05) is 6.54 Å². The quantitative estimate of drug-likeness (QED) is 0.700. The Morgan fingerprint density at radius 1 is 1.26 bits per heavy atom. The van der Waals surface area contributed by atoms with Crippen LogP contribution in [-0.2, 0) is 19.8 Å². The van der Waals surface area contributed by atoms with Crippen LogP contribution >= 0.6 is 0 Å². The van der Waals surface area contributed by atoms with E-state index in [2.05, 4.69) is 20.6 Å². The molecule has 0 bridgehead atoms. The molecule has 0 aliphatic carbocycles. The summed E-state index contributed by atoms with van der Waals surface area (Å²) in [6.07, 6.45) is -4.73. The van der Waals surface area contributed by atoms with Crippen LogP contribution in [0.5, 0.6) is 0 Å². The van der Waals surface area contributed by atoms with Crippen molar-refractivity contribution in [1.29, 1.82) is 0 Å². The summed E-state index contributed by atoms with van der Waals surface area (Å²) in [6.45, 7) is -0.277. The maximum Gasteiger partial charge on any atom is 0.451 e. The number of alkyl halides is 3. The third-order valence-corrected chi connectivity index (χ3v) is 3.80. The van der Waals surface area contributed by atoms with Gasteiger partial charge in [0.25, 0.3) is 5.91 Å². The number of aromatic nitrogens is 5. The standard InChI is InChI=1S/C16H15F3N6O2/c1-24-14(16(17,18)19)23-25(15(24)27)8-7-20-13(26)12-9-11(21-22-12)10-5-3-2-4-6-10/h2-6,9H,7-8H2,1H3,(H,20,26)(H,21,22). The second-order valence-electron chi connectivity index (χ2n) is 5.67. The molecule has 0 radical (unpaired) electrons. The number of hydrogen-bond donors (Lipinski definition) is 2. The summed E-state index contributed by atoms with van der Waals surface area (Å²) in [5, 5.41) is 12.4. The molecule has 0 fully saturated rings. The molecule has 1 amide bonds. The van der Waals surface area contributed by atoms with Crippen LogP contribution in [-0.4, -0.2) is 37.0 Å². The molecule has 3 rings (SSSR count). The molecule has 0 saturated heterocycles. The van der Waals surface area contributed by atoms with Gasteiger partial charge in [-0.2, -0.15) is 18.3 Å². The summed E-state index contributed by atoms with van der Waals surface area (Å²) in [7, 11) is 0.989. The largest absolute Gasteiger partial charge is 0.451 e. The number of rotatable bonds is 5. The highest BCUT2D eigenvalue weighted by atomic mass is 19.4. The number of benzene rings is 1. The Bertz CT molecular complexity index is 1000. The molecule has 1 aromatic carbocycles. The van der Waals surface area contributed by atoms with Gasteiger partial charge in [0.2, 0.25) is 5.82 Å². The fraction of sp³-hybridized carbons (Fsp3) is 0.250. The molecule has 0 spiro atoms. The zero-order valence-corrected chi connectivity index (χ0v) is 14.1. The lowest BCUT2D eigenvalue weighted by atomic mass is 10.1. The van der Waals surface area contributed by atoms with E-state index in [9.17, 15) is 22.8 Å². The van der Waals surface area contributed by atoms with Crippen molar-refractivity contribution in [2.45, 2.75) is 12.7 Å². The number of carbonyl (C=O) groups excluding carboxylic acids is 1. The third-order valence-electron chi connectivity index (χ3n) is 3.80. The Hall–Kier alpha value is -3.37. The van der Waals surface area contributed by atoms with Gasteiger partial charge >= 0.3 is 11.9 Å². The number of H-pyrrole nitrogens is 1. The molecular formula is C16H15F3N6O2. The Balaban J connectivity index is 1.63. The van der Waals surface area contributed by atoms with Crippen LogP contribution in [0.2, 0.25) is 0 Å². The average Bonchev–Trinajstić information content (AvgIpc) is 3.23. The van der Waals surface area contributed by atoms with Crippen molar-refractivity contribution in [2.24, 2.45) is 7.05 Å². The van der Waals surface area contributed by atoms with Gasteiger partial charge in [-0.25, -0.2) is 9.48 Å². The second kappa shape index (κ2) is 7.09. The lowest BCUT2D eigenvalue weighted by molar-refractivity contribution is -0.147. The van der Waals surface area contributed by atoms with Crippen molar-refractivity contribution < 1.29 is 18.0 Å². The van der Waals surface area contributed by atoms with Crippen molar-refractivity contribution in [3.63, 3.8) is 0 Å². The van der Waals surface area contributed by atoms with Crippen LogP contribution in [0.25, 0.3) is 11.3 Å². The SMILES string of the molecule is Cn1c(C(F)(F)F)nn(CCNC(=O)c2cc(-c3ccccc3)n[nH]2)c1=O. The zero-order valence-electron chi connectivity index (χ0n) is 14.1. The molecule has 2 N–H and O–H groups in total. The molecule has 0 saturated carbocycles. The summed E-state index contributed by atoms with van der Waals surface area (Å²) in [5.41, 5.74) is 0.687. The molecule has 0 unspecified atom stereocenters. The monoisotopic (exact) mass is 380 g/mol. The van der Waals surface area contributed by atoms with E-state index in [1.807, 2.05) is 30.3 Å². The first-order valence-electron chi connectivity index (χ1n) is 7.87. The van der Waals surface area contributed by atoms with Crippen molar-refractivity contribution in [1.82, 2.24) is 29.9 Å². The van der Waals surface area contributed by atoms with E-state index < -0.39 is 23.6 Å². The van der Waals surface area contributed by atoms with Gasteiger partial charge < -0.3 is 5.32 Å². The van der Waals surface area contributed by atoms with Gasteiger partial charge in [0.1, 0.15) is 5.69 Å². The van der Waals surface area contributed by atoms with Gasteiger partial charge in [0, 0.05) is 19.2 Å². The van der Waals surface area contributed by atoms with Gasteiger partial charge in [-0.15, -0.1) is 5.10 Å². The molecule has 2 aromatic heterocycles.